The summed E-state index contributed by atoms with van der Waals surface area (Å²) in [4.78, 5) is 17.3. The molecule has 1 aliphatic heterocycles. The van der Waals surface area contributed by atoms with Crippen LogP contribution in [-0.4, -0.2) is 61.6 Å². The highest BCUT2D eigenvalue weighted by Gasteiger charge is 2.17. The molecule has 25 heavy (non-hydrogen) atoms. The van der Waals surface area contributed by atoms with Crippen LogP contribution in [0.4, 0.5) is 17.8 Å². The largest absolute Gasteiger partial charge is 0.378 e. The van der Waals surface area contributed by atoms with Gasteiger partial charge in [0, 0.05) is 30.8 Å². The number of aromatic nitrogens is 3. The highest BCUT2D eigenvalue weighted by molar-refractivity contribution is 14.1. The van der Waals surface area contributed by atoms with Gasteiger partial charge in [0.05, 0.1) is 19.4 Å². The van der Waals surface area contributed by atoms with Crippen LogP contribution in [0.15, 0.2) is 29.4 Å². The number of nitrogens with zero attached hydrogens (tertiary/aromatic N) is 6. The topological polar surface area (TPSA) is 78.8 Å². The average Bonchev–Trinajstić information content (AvgIpc) is 2.64. The molecule has 1 aromatic carbocycles. The number of anilines is 3. The van der Waals surface area contributed by atoms with Gasteiger partial charge in [0.25, 0.3) is 0 Å². The maximum Gasteiger partial charge on any atom is 0.250 e. The van der Waals surface area contributed by atoms with Gasteiger partial charge in [-0.1, -0.05) is 12.1 Å². The van der Waals surface area contributed by atoms with Gasteiger partial charge in [-0.05, 0) is 40.3 Å². The quantitative estimate of drug-likeness (QED) is 0.421. The minimum Gasteiger partial charge on any atom is -0.378 e. The van der Waals surface area contributed by atoms with Gasteiger partial charge in [0.15, 0.2) is 0 Å². The van der Waals surface area contributed by atoms with Crippen molar-refractivity contribution in [1.29, 1.82) is 0 Å². The zero-order valence-electron chi connectivity index (χ0n) is 14.2. The lowest BCUT2D eigenvalue weighted by molar-refractivity contribution is 0.122. The molecule has 0 spiro atoms. The van der Waals surface area contributed by atoms with E-state index >= 15 is 0 Å². The lowest BCUT2D eigenvalue weighted by atomic mass is 10.2. The molecule has 0 unspecified atom stereocenters. The summed E-state index contributed by atoms with van der Waals surface area (Å²) in [5.41, 5.74) is 3.91. The molecule has 132 valence electrons. The number of benzene rings is 1. The summed E-state index contributed by atoms with van der Waals surface area (Å²) in [7, 11) is 3.80. The van der Waals surface area contributed by atoms with Crippen LogP contribution >= 0.6 is 22.6 Å². The first-order chi connectivity index (χ1) is 12.1. The lowest BCUT2D eigenvalue weighted by Crippen LogP contribution is -2.37. The number of ether oxygens (including phenoxy) is 1. The highest BCUT2D eigenvalue weighted by Crippen LogP contribution is 2.16. The van der Waals surface area contributed by atoms with Crippen LogP contribution in [-0.2, 0) is 4.74 Å². The molecular weight excluding hydrogens is 433 g/mol. The fourth-order valence-electron chi connectivity index (χ4n) is 2.22. The third-order valence-corrected chi connectivity index (χ3v) is 4.27. The molecule has 0 saturated carbocycles. The summed E-state index contributed by atoms with van der Waals surface area (Å²) in [6.07, 6.45) is 1.74. The lowest BCUT2D eigenvalue weighted by Gasteiger charge is -2.27. The number of morpholine rings is 1. The van der Waals surface area contributed by atoms with Gasteiger partial charge in [0.2, 0.25) is 17.8 Å². The Bertz CT molecular complexity index is 730. The van der Waals surface area contributed by atoms with Gasteiger partial charge < -0.3 is 14.5 Å². The van der Waals surface area contributed by atoms with Crippen molar-refractivity contribution in [3.05, 3.63) is 33.4 Å². The molecule has 8 nitrogen and oxygen atoms in total. The summed E-state index contributed by atoms with van der Waals surface area (Å²) >= 11 is 2.27. The van der Waals surface area contributed by atoms with Crippen LogP contribution in [0.3, 0.4) is 0 Å². The van der Waals surface area contributed by atoms with Gasteiger partial charge >= 0.3 is 0 Å². The van der Waals surface area contributed by atoms with Gasteiger partial charge in [-0.3, -0.25) is 0 Å². The van der Waals surface area contributed by atoms with Crippen LogP contribution in [0.1, 0.15) is 5.56 Å². The van der Waals surface area contributed by atoms with Gasteiger partial charge in [-0.15, -0.1) is 0 Å². The Morgan fingerprint density at radius 1 is 1.16 bits per heavy atom. The fourth-order valence-corrected chi connectivity index (χ4v) is 2.58. The predicted molar refractivity (Wildman–Crippen MR) is 108 cm³/mol. The first-order valence-corrected chi connectivity index (χ1v) is 9.00. The van der Waals surface area contributed by atoms with Crippen LogP contribution < -0.4 is 15.2 Å². The second-order valence-electron chi connectivity index (χ2n) is 5.67. The number of rotatable bonds is 5. The second kappa shape index (κ2) is 8.39. The molecule has 2 aromatic rings. The van der Waals surface area contributed by atoms with Gasteiger partial charge in [0.1, 0.15) is 0 Å². The molecule has 0 atom stereocenters. The second-order valence-corrected chi connectivity index (χ2v) is 6.92. The third-order valence-electron chi connectivity index (χ3n) is 3.55. The van der Waals surface area contributed by atoms with E-state index in [2.05, 4.69) is 53.0 Å². The van der Waals surface area contributed by atoms with Crippen molar-refractivity contribution in [2.45, 2.75) is 0 Å². The van der Waals surface area contributed by atoms with Crippen LogP contribution in [0.25, 0.3) is 0 Å². The number of hydrogen-bond acceptors (Lipinski definition) is 8. The molecule has 0 radical (unpaired) electrons. The summed E-state index contributed by atoms with van der Waals surface area (Å²) in [5, 5.41) is 4.24. The smallest absolute Gasteiger partial charge is 0.250 e. The van der Waals surface area contributed by atoms with Crippen LogP contribution in [0.5, 0.6) is 0 Å². The first kappa shape index (κ1) is 17.8. The maximum atomic E-state index is 5.39. The van der Waals surface area contributed by atoms with Crippen LogP contribution in [0.2, 0.25) is 0 Å². The van der Waals surface area contributed by atoms with E-state index in [1.807, 2.05) is 43.3 Å². The Morgan fingerprint density at radius 3 is 2.56 bits per heavy atom. The molecule has 1 N–H and O–H groups in total. The zero-order valence-corrected chi connectivity index (χ0v) is 16.3. The Labute approximate surface area is 160 Å². The molecule has 0 bridgehead atoms. The Kier molecular flexibility index (Phi) is 5.97. The van der Waals surface area contributed by atoms with E-state index in [0.29, 0.717) is 31.1 Å². The van der Waals surface area contributed by atoms with E-state index in [0.717, 1.165) is 18.7 Å². The first-order valence-electron chi connectivity index (χ1n) is 7.92. The minimum atomic E-state index is 0.418. The zero-order chi connectivity index (χ0) is 17.6. The molecule has 2 heterocycles. The van der Waals surface area contributed by atoms with Crippen LogP contribution in [0, 0.1) is 3.57 Å². The monoisotopic (exact) mass is 453 g/mol. The molecule has 1 fully saturated rings. The fraction of sp³-hybridized carbons (Fsp3) is 0.375. The molecule has 9 heteroatoms. The Balaban J connectivity index is 1.77. The van der Waals surface area contributed by atoms with Crippen molar-refractivity contribution in [3.63, 3.8) is 0 Å². The number of nitrogens with one attached hydrogen (secondary N) is 1. The van der Waals surface area contributed by atoms with Crippen molar-refractivity contribution < 1.29 is 4.74 Å². The van der Waals surface area contributed by atoms with Crippen molar-refractivity contribution in [1.82, 2.24) is 15.0 Å². The number of hydrogen-bond donors (Lipinski definition) is 1. The molecule has 1 aromatic heterocycles. The van der Waals surface area contributed by atoms with Crippen molar-refractivity contribution in [2.24, 2.45) is 5.10 Å². The van der Waals surface area contributed by atoms with Crippen molar-refractivity contribution in [2.75, 3.05) is 55.6 Å². The van der Waals surface area contributed by atoms with E-state index in [4.69, 9.17) is 4.74 Å². The maximum absolute atomic E-state index is 5.39. The summed E-state index contributed by atoms with van der Waals surface area (Å²) in [6, 6.07) is 8.08. The number of halogens is 1. The number of hydrazone groups is 1. The molecule has 1 saturated heterocycles. The van der Waals surface area contributed by atoms with E-state index in [9.17, 15) is 0 Å². The standard InChI is InChI=1S/C16H20IN7O/c1-23(2)15-19-14(20-16(21-15)24-7-9-25-10-8-24)22-18-11-12-3-5-13(17)6-4-12/h3-6,11H,7-10H2,1-2H3,(H,19,20,21,22)/b18-11-. The average molecular weight is 453 g/mol. The molecule has 0 amide bonds. The van der Waals surface area contributed by atoms with E-state index in [-0.39, 0.29) is 0 Å². The third kappa shape index (κ3) is 4.98. The molecule has 3 rings (SSSR count). The minimum absolute atomic E-state index is 0.418. The van der Waals surface area contributed by atoms with E-state index in [1.165, 1.54) is 3.57 Å². The Hall–Kier alpha value is -2.01. The molecule has 1 aliphatic rings. The SMILES string of the molecule is CN(C)c1nc(N/N=C\c2ccc(I)cc2)nc(N2CCOCC2)n1. The highest BCUT2D eigenvalue weighted by atomic mass is 127. The molecular formula is C16H20IN7O. The Morgan fingerprint density at radius 2 is 1.88 bits per heavy atom. The van der Waals surface area contributed by atoms with E-state index in [1.54, 1.807) is 6.21 Å². The predicted octanol–water partition coefficient (Wildman–Crippen LogP) is 1.82. The van der Waals surface area contributed by atoms with Gasteiger partial charge in [-0.25, -0.2) is 5.43 Å². The summed E-state index contributed by atoms with van der Waals surface area (Å²) in [6.45, 7) is 2.89. The van der Waals surface area contributed by atoms with Gasteiger partial charge in [-0.2, -0.15) is 20.1 Å². The summed E-state index contributed by atoms with van der Waals surface area (Å²) < 4.78 is 6.57. The normalized spacial score (nSPS) is 14.8. The van der Waals surface area contributed by atoms with E-state index < -0.39 is 0 Å². The molecule has 0 aliphatic carbocycles. The van der Waals surface area contributed by atoms with Crippen molar-refractivity contribution >= 4 is 46.7 Å². The summed E-state index contributed by atoms with van der Waals surface area (Å²) in [5.74, 6) is 1.64. The van der Waals surface area contributed by atoms with Crippen molar-refractivity contribution in [3.8, 4) is 0 Å².